The van der Waals surface area contributed by atoms with E-state index in [1.807, 2.05) is 26.0 Å². The molecule has 0 bridgehead atoms. The van der Waals surface area contributed by atoms with Crippen LogP contribution in [0.15, 0.2) is 30.4 Å². The van der Waals surface area contributed by atoms with E-state index in [2.05, 4.69) is 5.32 Å². The first-order valence-electron chi connectivity index (χ1n) is 8.83. The van der Waals surface area contributed by atoms with Gasteiger partial charge in [-0.25, -0.2) is 4.79 Å². The number of aromatic carboxylic acids is 1. The lowest BCUT2D eigenvalue weighted by molar-refractivity contribution is -0.157. The van der Waals surface area contributed by atoms with E-state index in [9.17, 15) is 14.4 Å². The van der Waals surface area contributed by atoms with Crippen molar-refractivity contribution in [3.63, 3.8) is 0 Å². The monoisotopic (exact) mass is 359 g/mol. The molecule has 0 aromatic heterocycles. The van der Waals surface area contributed by atoms with Crippen molar-refractivity contribution < 1.29 is 24.2 Å². The maximum absolute atomic E-state index is 12.8. The van der Waals surface area contributed by atoms with Gasteiger partial charge >= 0.3 is 11.9 Å². The molecule has 6 heteroatoms. The summed E-state index contributed by atoms with van der Waals surface area (Å²) in [6.07, 6.45) is 5.21. The number of hydrogen-bond acceptors (Lipinski definition) is 4. The summed E-state index contributed by atoms with van der Waals surface area (Å²) in [5.41, 5.74) is 1.30. The van der Waals surface area contributed by atoms with Gasteiger partial charge < -0.3 is 15.2 Å². The van der Waals surface area contributed by atoms with Crippen LogP contribution in [0.25, 0.3) is 0 Å². The van der Waals surface area contributed by atoms with E-state index in [4.69, 9.17) is 9.84 Å². The fraction of sp³-hybridized carbons (Fsp3) is 0.450. The molecule has 1 amide bonds. The highest BCUT2D eigenvalue weighted by molar-refractivity contribution is 5.97. The molecule has 0 saturated heterocycles. The summed E-state index contributed by atoms with van der Waals surface area (Å²) in [5.74, 6) is -2.79. The summed E-state index contributed by atoms with van der Waals surface area (Å²) >= 11 is 0. The fourth-order valence-electron chi connectivity index (χ4n) is 2.85. The van der Waals surface area contributed by atoms with Gasteiger partial charge in [0.25, 0.3) is 0 Å². The van der Waals surface area contributed by atoms with E-state index in [0.717, 1.165) is 5.56 Å². The zero-order valence-electron chi connectivity index (χ0n) is 15.3. The van der Waals surface area contributed by atoms with Crippen LogP contribution < -0.4 is 5.32 Å². The van der Waals surface area contributed by atoms with Crippen molar-refractivity contribution in [3.8, 4) is 0 Å². The number of benzene rings is 1. The van der Waals surface area contributed by atoms with Gasteiger partial charge in [-0.05, 0) is 50.8 Å². The average molecular weight is 359 g/mol. The predicted molar refractivity (Wildman–Crippen MR) is 98.0 cm³/mol. The van der Waals surface area contributed by atoms with Crippen LogP contribution in [0, 0.1) is 18.8 Å². The molecular weight excluding hydrogens is 334 g/mol. The van der Waals surface area contributed by atoms with Gasteiger partial charge in [0, 0.05) is 5.69 Å². The topological polar surface area (TPSA) is 92.7 Å². The van der Waals surface area contributed by atoms with Crippen molar-refractivity contribution in [1.82, 2.24) is 0 Å². The first kappa shape index (κ1) is 19.7. The highest BCUT2D eigenvalue weighted by Gasteiger charge is 2.35. The van der Waals surface area contributed by atoms with Crippen molar-refractivity contribution >= 4 is 23.5 Å². The number of nitrogens with one attached hydrogen (secondary N) is 1. The summed E-state index contributed by atoms with van der Waals surface area (Å²) in [5, 5.41) is 11.9. The van der Waals surface area contributed by atoms with Crippen molar-refractivity contribution in [2.24, 2.45) is 11.8 Å². The number of anilines is 1. The standard InChI is InChI=1S/C20H25NO5/c1-4-13(3)26-20(25)16-8-6-5-7-15(16)18(22)21-17-11-14(19(23)24)10-9-12(17)2/h5-6,9-11,13,15-16H,4,7-8H2,1-3H3,(H,21,22)(H,23,24)/t13-,15+,16-/m1/s1. The fourth-order valence-corrected chi connectivity index (χ4v) is 2.85. The summed E-state index contributed by atoms with van der Waals surface area (Å²) in [7, 11) is 0. The maximum atomic E-state index is 12.8. The lowest BCUT2D eigenvalue weighted by Gasteiger charge is -2.27. The molecule has 1 aromatic rings. The second kappa shape index (κ2) is 8.65. The van der Waals surface area contributed by atoms with Gasteiger partial charge in [0.15, 0.2) is 0 Å². The van der Waals surface area contributed by atoms with Crippen LogP contribution in [0.4, 0.5) is 5.69 Å². The molecule has 0 radical (unpaired) electrons. The van der Waals surface area contributed by atoms with Crippen LogP contribution in [0.2, 0.25) is 0 Å². The van der Waals surface area contributed by atoms with Gasteiger partial charge in [-0.3, -0.25) is 9.59 Å². The Kier molecular flexibility index (Phi) is 6.55. The molecule has 0 fully saturated rings. The van der Waals surface area contributed by atoms with Gasteiger partial charge in [-0.1, -0.05) is 25.1 Å². The molecule has 2 rings (SSSR count). The van der Waals surface area contributed by atoms with Gasteiger partial charge in [0.2, 0.25) is 5.91 Å². The number of carbonyl (C=O) groups excluding carboxylic acids is 2. The zero-order valence-corrected chi connectivity index (χ0v) is 15.3. The number of aryl methyl sites for hydroxylation is 1. The predicted octanol–water partition coefficient (Wildman–Crippen LogP) is 3.56. The Labute approximate surface area is 153 Å². The molecule has 140 valence electrons. The van der Waals surface area contributed by atoms with Crippen LogP contribution in [-0.4, -0.2) is 29.1 Å². The van der Waals surface area contributed by atoms with Crippen molar-refractivity contribution in [2.45, 2.75) is 46.1 Å². The molecule has 26 heavy (non-hydrogen) atoms. The first-order valence-corrected chi connectivity index (χ1v) is 8.83. The summed E-state index contributed by atoms with van der Waals surface area (Å²) in [6, 6.07) is 4.57. The van der Waals surface area contributed by atoms with Crippen LogP contribution >= 0.6 is 0 Å². The number of esters is 1. The second-order valence-electron chi connectivity index (χ2n) is 6.64. The van der Waals surface area contributed by atoms with Crippen molar-refractivity contribution in [1.29, 1.82) is 0 Å². The largest absolute Gasteiger partial charge is 0.478 e. The van der Waals surface area contributed by atoms with Gasteiger partial charge in [0.05, 0.1) is 23.5 Å². The van der Waals surface area contributed by atoms with E-state index < -0.39 is 17.8 Å². The molecule has 0 aliphatic heterocycles. The number of allylic oxidation sites excluding steroid dienone is 2. The Morgan fingerprint density at radius 3 is 2.50 bits per heavy atom. The van der Waals surface area contributed by atoms with Gasteiger partial charge in [-0.15, -0.1) is 0 Å². The normalized spacial score (nSPS) is 20.3. The molecule has 1 aliphatic rings. The highest BCUT2D eigenvalue weighted by atomic mass is 16.5. The molecule has 1 aliphatic carbocycles. The Morgan fingerprint density at radius 1 is 1.23 bits per heavy atom. The minimum Gasteiger partial charge on any atom is -0.478 e. The summed E-state index contributed by atoms with van der Waals surface area (Å²) < 4.78 is 5.41. The van der Waals surface area contributed by atoms with E-state index in [0.29, 0.717) is 24.9 Å². The molecule has 3 atom stereocenters. The molecule has 0 saturated carbocycles. The van der Waals surface area contributed by atoms with Crippen molar-refractivity contribution in [3.05, 3.63) is 41.5 Å². The molecular formula is C20H25NO5. The number of ether oxygens (including phenoxy) is 1. The Bertz CT molecular complexity index is 725. The van der Waals surface area contributed by atoms with E-state index in [1.165, 1.54) is 12.1 Å². The lowest BCUT2D eigenvalue weighted by Crippen LogP contribution is -2.36. The maximum Gasteiger partial charge on any atom is 0.335 e. The van der Waals surface area contributed by atoms with E-state index in [1.54, 1.807) is 13.0 Å². The third kappa shape index (κ3) is 4.71. The minimum absolute atomic E-state index is 0.0992. The van der Waals surface area contributed by atoms with E-state index >= 15 is 0 Å². The Balaban J connectivity index is 2.16. The number of carboxylic acids is 1. The average Bonchev–Trinajstić information content (AvgIpc) is 2.63. The Hall–Kier alpha value is -2.63. The van der Waals surface area contributed by atoms with Crippen LogP contribution in [-0.2, 0) is 14.3 Å². The van der Waals surface area contributed by atoms with Crippen LogP contribution in [0.3, 0.4) is 0 Å². The molecule has 0 unspecified atom stereocenters. The van der Waals surface area contributed by atoms with Gasteiger partial charge in [0.1, 0.15) is 0 Å². The lowest BCUT2D eigenvalue weighted by atomic mass is 9.82. The quantitative estimate of drug-likeness (QED) is 0.598. The number of carbonyl (C=O) groups is 3. The minimum atomic E-state index is -1.06. The third-order valence-electron chi connectivity index (χ3n) is 4.71. The van der Waals surface area contributed by atoms with Crippen LogP contribution in [0.5, 0.6) is 0 Å². The number of carboxylic acid groups (broad SMARTS) is 1. The summed E-state index contributed by atoms with van der Waals surface area (Å²) in [4.78, 5) is 36.3. The van der Waals surface area contributed by atoms with E-state index in [-0.39, 0.29) is 23.5 Å². The first-order chi connectivity index (χ1) is 12.3. The van der Waals surface area contributed by atoms with Crippen LogP contribution in [0.1, 0.15) is 49.0 Å². The third-order valence-corrected chi connectivity index (χ3v) is 4.71. The molecule has 0 heterocycles. The Morgan fingerprint density at radius 2 is 1.88 bits per heavy atom. The molecule has 1 aromatic carbocycles. The van der Waals surface area contributed by atoms with Crippen molar-refractivity contribution in [2.75, 3.05) is 5.32 Å². The molecule has 2 N–H and O–H groups in total. The van der Waals surface area contributed by atoms with Gasteiger partial charge in [-0.2, -0.15) is 0 Å². The molecule has 6 nitrogen and oxygen atoms in total. The smallest absolute Gasteiger partial charge is 0.335 e. The summed E-state index contributed by atoms with van der Waals surface area (Å²) in [6.45, 7) is 5.55. The number of rotatable bonds is 6. The number of hydrogen-bond donors (Lipinski definition) is 2. The SMILES string of the molecule is CC[C@@H](C)OC(=O)[C@@H]1CC=CC[C@@H]1C(=O)Nc1cc(C(=O)O)ccc1C. The molecule has 0 spiro atoms. The number of amides is 1. The highest BCUT2D eigenvalue weighted by Crippen LogP contribution is 2.29. The second-order valence-corrected chi connectivity index (χ2v) is 6.64. The zero-order chi connectivity index (χ0) is 19.3.